The normalized spacial score (nSPS) is 13.2. The van der Waals surface area contributed by atoms with E-state index in [-0.39, 0.29) is 29.7 Å². The van der Waals surface area contributed by atoms with Crippen molar-refractivity contribution in [1.82, 2.24) is 14.9 Å². The van der Waals surface area contributed by atoms with Gasteiger partial charge in [-0.3, -0.25) is 4.99 Å². The predicted molar refractivity (Wildman–Crippen MR) is 121 cm³/mol. The van der Waals surface area contributed by atoms with Gasteiger partial charge < -0.3 is 10.6 Å². The average Bonchev–Trinajstić information content (AvgIpc) is 2.61. The monoisotopic (exact) mass is 496 g/mol. The highest BCUT2D eigenvalue weighted by Gasteiger charge is 2.14. The van der Waals surface area contributed by atoms with E-state index in [0.717, 1.165) is 18.9 Å². The van der Waals surface area contributed by atoms with Gasteiger partial charge in [-0.1, -0.05) is 36.8 Å². The molecule has 1 atom stereocenters. The standard InChI is InChI=1S/C18H32N4O2S.HI/c1-6-25(23,24)22(5)13-7-12-20-18(19-4)21-14-16(3)17-10-8-15(2)9-11-17;/h8-11,16H,6-7,12-14H2,1-5H3,(H2,19,20,21);1H. The maximum Gasteiger partial charge on any atom is 0.213 e. The zero-order valence-electron chi connectivity index (χ0n) is 16.4. The fourth-order valence-electron chi connectivity index (χ4n) is 2.35. The summed E-state index contributed by atoms with van der Waals surface area (Å²) in [6.07, 6.45) is 0.726. The lowest BCUT2D eigenvalue weighted by Gasteiger charge is -2.18. The van der Waals surface area contributed by atoms with Crippen LogP contribution in [0.2, 0.25) is 0 Å². The Labute approximate surface area is 175 Å². The number of nitrogens with zero attached hydrogens (tertiary/aromatic N) is 2. The van der Waals surface area contributed by atoms with Gasteiger partial charge in [0.15, 0.2) is 5.96 Å². The van der Waals surface area contributed by atoms with Crippen molar-refractivity contribution in [3.8, 4) is 0 Å². The Kier molecular flexibility index (Phi) is 12.1. The minimum absolute atomic E-state index is 0. The van der Waals surface area contributed by atoms with Gasteiger partial charge in [-0.2, -0.15) is 0 Å². The molecule has 0 radical (unpaired) electrons. The fourth-order valence-corrected chi connectivity index (χ4v) is 3.20. The molecule has 0 aliphatic heterocycles. The van der Waals surface area contributed by atoms with E-state index in [1.807, 2.05) is 0 Å². The van der Waals surface area contributed by atoms with Gasteiger partial charge in [0.05, 0.1) is 5.75 Å². The smallest absolute Gasteiger partial charge is 0.213 e. The lowest BCUT2D eigenvalue weighted by atomic mass is 10.0. The van der Waals surface area contributed by atoms with E-state index < -0.39 is 10.0 Å². The summed E-state index contributed by atoms with van der Waals surface area (Å²) in [5.41, 5.74) is 2.55. The average molecular weight is 496 g/mol. The summed E-state index contributed by atoms with van der Waals surface area (Å²) in [5.74, 6) is 1.25. The third-order valence-electron chi connectivity index (χ3n) is 4.23. The number of guanidine groups is 1. The van der Waals surface area contributed by atoms with Crippen molar-refractivity contribution >= 4 is 40.0 Å². The van der Waals surface area contributed by atoms with E-state index in [9.17, 15) is 8.42 Å². The van der Waals surface area contributed by atoms with Gasteiger partial charge in [0, 0.05) is 33.7 Å². The fraction of sp³-hybridized carbons (Fsp3) is 0.611. The second kappa shape index (κ2) is 12.5. The number of sulfonamides is 1. The summed E-state index contributed by atoms with van der Waals surface area (Å²) < 4.78 is 24.8. The van der Waals surface area contributed by atoms with Crippen LogP contribution < -0.4 is 10.6 Å². The molecule has 0 fully saturated rings. The molecule has 0 heterocycles. The van der Waals surface area contributed by atoms with Crippen molar-refractivity contribution in [1.29, 1.82) is 0 Å². The molecule has 0 bridgehead atoms. The Hall–Kier alpha value is -0.870. The first kappa shape index (κ1) is 25.1. The van der Waals surface area contributed by atoms with Crippen LogP contribution in [-0.2, 0) is 10.0 Å². The highest BCUT2D eigenvalue weighted by atomic mass is 127. The molecular formula is C18H33IN4O2S. The zero-order valence-corrected chi connectivity index (χ0v) is 19.6. The van der Waals surface area contributed by atoms with E-state index in [4.69, 9.17) is 0 Å². The number of benzene rings is 1. The minimum atomic E-state index is -3.10. The molecule has 6 nitrogen and oxygen atoms in total. The Morgan fingerprint density at radius 1 is 1.23 bits per heavy atom. The van der Waals surface area contributed by atoms with Crippen LogP contribution in [0.25, 0.3) is 0 Å². The van der Waals surface area contributed by atoms with Gasteiger partial charge in [0.1, 0.15) is 0 Å². The molecule has 0 saturated carbocycles. The lowest BCUT2D eigenvalue weighted by molar-refractivity contribution is 0.461. The number of rotatable bonds is 9. The molecule has 0 aliphatic rings. The first-order chi connectivity index (χ1) is 11.8. The maximum atomic E-state index is 11.7. The van der Waals surface area contributed by atoms with Crippen molar-refractivity contribution in [2.24, 2.45) is 4.99 Å². The van der Waals surface area contributed by atoms with Crippen LogP contribution in [0.1, 0.15) is 37.3 Å². The molecule has 150 valence electrons. The summed E-state index contributed by atoms with van der Waals surface area (Å²) in [5, 5.41) is 6.55. The number of aryl methyl sites for hydroxylation is 1. The van der Waals surface area contributed by atoms with Gasteiger partial charge >= 0.3 is 0 Å². The molecule has 0 aliphatic carbocycles. The molecule has 1 unspecified atom stereocenters. The van der Waals surface area contributed by atoms with Crippen LogP contribution in [0, 0.1) is 6.92 Å². The molecule has 26 heavy (non-hydrogen) atoms. The Bertz CT molecular complexity index is 648. The summed E-state index contributed by atoms with van der Waals surface area (Å²) in [6, 6.07) is 8.56. The minimum Gasteiger partial charge on any atom is -0.356 e. The Balaban J connectivity index is 0.00000625. The maximum absolute atomic E-state index is 11.7. The second-order valence-electron chi connectivity index (χ2n) is 6.27. The molecule has 0 spiro atoms. The van der Waals surface area contributed by atoms with Crippen molar-refractivity contribution in [3.63, 3.8) is 0 Å². The van der Waals surface area contributed by atoms with Gasteiger partial charge in [-0.25, -0.2) is 12.7 Å². The Morgan fingerprint density at radius 3 is 2.38 bits per heavy atom. The Morgan fingerprint density at radius 2 is 1.85 bits per heavy atom. The van der Waals surface area contributed by atoms with Crippen LogP contribution in [0.4, 0.5) is 0 Å². The molecular weight excluding hydrogens is 463 g/mol. The van der Waals surface area contributed by atoms with Crippen LogP contribution in [0.5, 0.6) is 0 Å². The van der Waals surface area contributed by atoms with E-state index in [2.05, 4.69) is 53.7 Å². The number of halogens is 1. The first-order valence-corrected chi connectivity index (χ1v) is 10.4. The number of hydrogen-bond donors (Lipinski definition) is 2. The van der Waals surface area contributed by atoms with Crippen LogP contribution in [-0.4, -0.2) is 58.2 Å². The highest BCUT2D eigenvalue weighted by molar-refractivity contribution is 14.0. The highest BCUT2D eigenvalue weighted by Crippen LogP contribution is 2.14. The van der Waals surface area contributed by atoms with Crippen LogP contribution in [0.3, 0.4) is 0 Å². The zero-order chi connectivity index (χ0) is 18.9. The first-order valence-electron chi connectivity index (χ1n) is 8.75. The van der Waals surface area contributed by atoms with Gasteiger partial charge in [-0.05, 0) is 31.7 Å². The van der Waals surface area contributed by atoms with E-state index in [0.29, 0.717) is 19.0 Å². The molecule has 0 saturated heterocycles. The summed E-state index contributed by atoms with van der Waals surface area (Å²) in [7, 11) is 0.256. The summed E-state index contributed by atoms with van der Waals surface area (Å²) in [4.78, 5) is 4.21. The predicted octanol–water partition coefficient (Wildman–Crippen LogP) is 2.55. The quantitative estimate of drug-likeness (QED) is 0.239. The number of nitrogens with one attached hydrogen (secondary N) is 2. The molecule has 0 aromatic heterocycles. The van der Waals surface area contributed by atoms with Gasteiger partial charge in [0.25, 0.3) is 0 Å². The summed E-state index contributed by atoms with van der Waals surface area (Å²) >= 11 is 0. The number of hydrogen-bond acceptors (Lipinski definition) is 3. The third-order valence-corrected chi connectivity index (χ3v) is 6.09. The van der Waals surface area contributed by atoms with E-state index in [1.54, 1.807) is 21.0 Å². The summed E-state index contributed by atoms with van der Waals surface area (Å²) in [6.45, 7) is 7.87. The third kappa shape index (κ3) is 8.68. The molecule has 0 amide bonds. The molecule has 2 N–H and O–H groups in total. The van der Waals surface area contributed by atoms with Gasteiger partial charge in [0.2, 0.25) is 10.0 Å². The SMILES string of the molecule is CCS(=O)(=O)N(C)CCCNC(=NC)NCC(C)c1ccc(C)cc1.I. The van der Waals surface area contributed by atoms with Crippen LogP contribution >= 0.6 is 24.0 Å². The number of aliphatic imine (C=N–C) groups is 1. The largest absolute Gasteiger partial charge is 0.356 e. The van der Waals surface area contributed by atoms with E-state index in [1.165, 1.54) is 15.4 Å². The van der Waals surface area contributed by atoms with Gasteiger partial charge in [-0.15, -0.1) is 24.0 Å². The van der Waals surface area contributed by atoms with Crippen molar-refractivity contribution < 1.29 is 8.42 Å². The van der Waals surface area contributed by atoms with E-state index >= 15 is 0 Å². The van der Waals surface area contributed by atoms with Crippen molar-refractivity contribution in [2.75, 3.05) is 39.5 Å². The molecule has 8 heteroatoms. The topological polar surface area (TPSA) is 73.8 Å². The van der Waals surface area contributed by atoms with Crippen molar-refractivity contribution in [2.45, 2.75) is 33.1 Å². The molecule has 1 rings (SSSR count). The lowest BCUT2D eigenvalue weighted by Crippen LogP contribution is -2.40. The molecule has 1 aromatic carbocycles. The van der Waals surface area contributed by atoms with Crippen molar-refractivity contribution in [3.05, 3.63) is 35.4 Å². The van der Waals surface area contributed by atoms with Crippen LogP contribution in [0.15, 0.2) is 29.3 Å². The second-order valence-corrected chi connectivity index (χ2v) is 8.63. The molecule has 1 aromatic rings.